The van der Waals surface area contributed by atoms with Crippen molar-refractivity contribution in [1.82, 2.24) is 5.01 Å². The summed E-state index contributed by atoms with van der Waals surface area (Å²) in [5, 5.41) is 11.0. The van der Waals surface area contributed by atoms with Gasteiger partial charge >= 0.3 is 0 Å². The van der Waals surface area contributed by atoms with Crippen LogP contribution in [-0.4, -0.2) is 26.2 Å². The van der Waals surface area contributed by atoms with Crippen molar-refractivity contribution in [2.45, 2.75) is 33.5 Å². The number of halogens is 1. The molecule has 22 heavy (non-hydrogen) atoms. The molecule has 0 radical (unpaired) electrons. The number of rotatable bonds is 4. The highest BCUT2D eigenvalue weighted by Crippen LogP contribution is 2.23. The molecule has 0 unspecified atom stereocenters. The molecule has 0 spiro atoms. The topological polar surface area (TPSA) is 28.0 Å². The van der Waals surface area contributed by atoms with Crippen LogP contribution in [0.25, 0.3) is 0 Å². The molecule has 1 rings (SSSR count). The van der Waals surface area contributed by atoms with Crippen molar-refractivity contribution in [3.63, 3.8) is 0 Å². The molecule has 0 atom stereocenters. The van der Waals surface area contributed by atoms with Crippen LogP contribution in [0.2, 0.25) is 24.7 Å². The van der Waals surface area contributed by atoms with Crippen molar-refractivity contribution in [3.05, 3.63) is 28.8 Å². The Morgan fingerprint density at radius 3 is 2.41 bits per heavy atom. The molecular weight excluding hydrogens is 310 g/mol. The maximum absolute atomic E-state index is 6.04. The summed E-state index contributed by atoms with van der Waals surface area (Å²) < 4.78 is 0. The summed E-state index contributed by atoms with van der Waals surface area (Å²) in [6.07, 6.45) is 0. The molecular formula is C17H22ClN3Si. The van der Waals surface area contributed by atoms with Gasteiger partial charge < -0.3 is 0 Å². The third kappa shape index (κ3) is 6.80. The van der Waals surface area contributed by atoms with Gasteiger partial charge in [-0.05, 0) is 43.9 Å². The molecule has 3 nitrogen and oxygen atoms in total. The highest BCUT2D eigenvalue weighted by Gasteiger charge is 2.06. The minimum atomic E-state index is -1.40. The van der Waals surface area contributed by atoms with Crippen molar-refractivity contribution in [1.29, 1.82) is 0 Å². The number of hydrogen-bond donors (Lipinski definition) is 0. The zero-order valence-electron chi connectivity index (χ0n) is 13.9. The number of hydrogen-bond acceptors (Lipinski definition) is 2. The summed E-state index contributed by atoms with van der Waals surface area (Å²) in [4.78, 5) is 0. The van der Waals surface area contributed by atoms with Gasteiger partial charge in [0, 0.05) is 18.1 Å². The molecule has 0 aliphatic rings. The van der Waals surface area contributed by atoms with E-state index < -0.39 is 8.07 Å². The van der Waals surface area contributed by atoms with Crippen LogP contribution in [0.4, 0.5) is 5.69 Å². The van der Waals surface area contributed by atoms with Crippen LogP contribution < -0.4 is 0 Å². The van der Waals surface area contributed by atoms with Gasteiger partial charge in [-0.1, -0.05) is 42.4 Å². The molecule has 0 aromatic heterocycles. The lowest BCUT2D eigenvalue weighted by molar-refractivity contribution is 0.300. The largest absolute Gasteiger partial charge is 0.279 e. The van der Waals surface area contributed by atoms with Crippen molar-refractivity contribution in [2.24, 2.45) is 10.3 Å². The van der Waals surface area contributed by atoms with Gasteiger partial charge in [-0.15, -0.1) is 10.7 Å². The van der Waals surface area contributed by atoms with Crippen LogP contribution in [0.1, 0.15) is 19.4 Å². The van der Waals surface area contributed by atoms with Crippen LogP contribution in [0, 0.1) is 23.3 Å². The Labute approximate surface area is 139 Å². The maximum atomic E-state index is 6.04. The molecule has 1 aromatic carbocycles. The van der Waals surface area contributed by atoms with Crippen molar-refractivity contribution < 1.29 is 0 Å². The Morgan fingerprint density at radius 1 is 1.14 bits per heavy atom. The molecule has 0 heterocycles. The van der Waals surface area contributed by atoms with E-state index in [1.54, 1.807) is 12.1 Å². The smallest absolute Gasteiger partial charge is 0.130 e. The van der Waals surface area contributed by atoms with Crippen LogP contribution in [0.3, 0.4) is 0 Å². The van der Waals surface area contributed by atoms with Crippen molar-refractivity contribution >= 4 is 25.4 Å². The lowest BCUT2D eigenvalue weighted by Gasteiger charge is -2.11. The Morgan fingerprint density at radius 2 is 1.82 bits per heavy atom. The summed E-state index contributed by atoms with van der Waals surface area (Å²) in [7, 11) is -1.40. The first-order valence-electron chi connectivity index (χ1n) is 7.35. The average molecular weight is 332 g/mol. The van der Waals surface area contributed by atoms with Gasteiger partial charge in [-0.25, -0.2) is 0 Å². The van der Waals surface area contributed by atoms with E-state index in [4.69, 9.17) is 11.6 Å². The Kier molecular flexibility index (Phi) is 7.18. The zero-order chi connectivity index (χ0) is 16.6. The standard InChI is InChI=1S/C17H22ClN3Si/c1-6-21(7-2)20-19-17-12-11-16(18)14-15(17)10-8-9-13-22(3,4)5/h11-12,14H,6-7H2,1-5H3. The number of nitrogens with zero attached hydrogens (tertiary/aromatic N) is 3. The van der Waals surface area contributed by atoms with Gasteiger partial charge in [0.1, 0.15) is 13.8 Å². The quantitative estimate of drug-likeness (QED) is 0.333. The van der Waals surface area contributed by atoms with E-state index in [9.17, 15) is 0 Å². The van der Waals surface area contributed by atoms with Gasteiger partial charge in [0.15, 0.2) is 0 Å². The van der Waals surface area contributed by atoms with E-state index in [-0.39, 0.29) is 0 Å². The normalized spacial score (nSPS) is 10.6. The molecule has 0 amide bonds. The summed E-state index contributed by atoms with van der Waals surface area (Å²) >= 11 is 6.04. The molecule has 116 valence electrons. The van der Waals surface area contributed by atoms with Gasteiger partial charge in [-0.3, -0.25) is 5.01 Å². The first-order chi connectivity index (χ1) is 10.4. The van der Waals surface area contributed by atoms with Crippen molar-refractivity contribution in [3.8, 4) is 23.3 Å². The minimum Gasteiger partial charge on any atom is -0.279 e. The predicted octanol–water partition coefficient (Wildman–Crippen LogP) is 4.91. The van der Waals surface area contributed by atoms with Crippen molar-refractivity contribution in [2.75, 3.05) is 13.1 Å². The maximum Gasteiger partial charge on any atom is 0.130 e. The fourth-order valence-electron chi connectivity index (χ4n) is 1.47. The average Bonchev–Trinajstić information content (AvgIpc) is 2.45. The summed E-state index contributed by atoms with van der Waals surface area (Å²) in [5.41, 5.74) is 4.67. The van der Waals surface area contributed by atoms with E-state index in [0.29, 0.717) is 10.7 Å². The SMILES string of the molecule is CCN(CC)N=Nc1ccc(Cl)cc1C#CC#C[Si](C)(C)C. The third-order valence-electron chi connectivity index (χ3n) is 2.66. The van der Waals surface area contributed by atoms with Gasteiger partial charge in [0.05, 0.1) is 5.56 Å². The lowest BCUT2D eigenvalue weighted by Crippen LogP contribution is -2.16. The molecule has 0 saturated heterocycles. The molecule has 0 aliphatic heterocycles. The second kappa shape index (κ2) is 8.63. The van der Waals surface area contributed by atoms with Crippen LogP contribution in [0.15, 0.2) is 28.5 Å². The monoisotopic (exact) mass is 331 g/mol. The summed E-state index contributed by atoms with van der Waals surface area (Å²) in [6.45, 7) is 12.3. The Bertz CT molecular complexity index is 650. The molecule has 5 heteroatoms. The van der Waals surface area contributed by atoms with Crippen LogP contribution in [-0.2, 0) is 0 Å². The second-order valence-corrected chi connectivity index (χ2v) is 10.9. The Hall–Kier alpha value is -1.75. The van der Waals surface area contributed by atoms with E-state index in [2.05, 4.69) is 53.3 Å². The highest BCUT2D eigenvalue weighted by molar-refractivity contribution is 6.83. The van der Waals surface area contributed by atoms with Gasteiger partial charge in [0.2, 0.25) is 0 Å². The summed E-state index contributed by atoms with van der Waals surface area (Å²) in [5.74, 6) is 8.85. The van der Waals surface area contributed by atoms with Gasteiger partial charge in [-0.2, -0.15) is 0 Å². The third-order valence-corrected chi connectivity index (χ3v) is 3.77. The first kappa shape index (κ1) is 18.3. The number of benzene rings is 1. The van der Waals surface area contributed by atoms with Gasteiger partial charge in [0.25, 0.3) is 0 Å². The molecule has 0 aliphatic carbocycles. The predicted molar refractivity (Wildman–Crippen MR) is 96.9 cm³/mol. The lowest BCUT2D eigenvalue weighted by atomic mass is 10.2. The van der Waals surface area contributed by atoms with E-state index in [1.807, 2.05) is 24.9 Å². The van der Waals surface area contributed by atoms with E-state index in [0.717, 1.165) is 18.7 Å². The second-order valence-electron chi connectivity index (χ2n) is 5.74. The molecule has 0 fully saturated rings. The van der Waals surface area contributed by atoms with E-state index in [1.165, 1.54) is 0 Å². The molecule has 0 N–H and O–H groups in total. The molecule has 0 saturated carbocycles. The zero-order valence-corrected chi connectivity index (χ0v) is 15.6. The highest BCUT2D eigenvalue weighted by atomic mass is 35.5. The van der Waals surface area contributed by atoms with Crippen LogP contribution >= 0.6 is 11.6 Å². The van der Waals surface area contributed by atoms with Crippen LogP contribution in [0.5, 0.6) is 0 Å². The Balaban J connectivity index is 3.06. The molecule has 1 aromatic rings. The molecule has 0 bridgehead atoms. The van der Waals surface area contributed by atoms with E-state index >= 15 is 0 Å². The first-order valence-corrected chi connectivity index (χ1v) is 11.2. The fraction of sp³-hybridized carbons (Fsp3) is 0.412. The minimum absolute atomic E-state index is 0.629. The summed E-state index contributed by atoms with van der Waals surface area (Å²) in [6, 6.07) is 5.41. The fourth-order valence-corrected chi connectivity index (χ4v) is 2.08.